The van der Waals surface area contributed by atoms with Crippen LogP contribution in [-0.2, 0) is 4.79 Å². The molecule has 11 nitrogen and oxygen atoms in total. The minimum absolute atomic E-state index is 0.179. The third-order valence-corrected chi connectivity index (χ3v) is 7.38. The Morgan fingerprint density at radius 1 is 1.18 bits per heavy atom. The normalized spacial score (nSPS) is 15.9. The number of fused-ring (bicyclic) bond motifs is 1. The van der Waals surface area contributed by atoms with Crippen LogP contribution in [0.2, 0.25) is 0 Å². The van der Waals surface area contributed by atoms with Crippen LogP contribution < -0.4 is 4.74 Å². The van der Waals surface area contributed by atoms with E-state index in [1.807, 2.05) is 43.5 Å². The zero-order chi connectivity index (χ0) is 27.1. The lowest BCUT2D eigenvalue weighted by Crippen LogP contribution is -2.58. The molecule has 0 saturated carbocycles. The molecule has 3 aromatic heterocycles. The largest absolute Gasteiger partial charge is 0.493 e. The Bertz CT molecular complexity index is 1490. The van der Waals surface area contributed by atoms with Gasteiger partial charge in [-0.2, -0.15) is 10.2 Å². The summed E-state index contributed by atoms with van der Waals surface area (Å²) in [6.07, 6.45) is 2.88. The first kappa shape index (κ1) is 25.2. The van der Waals surface area contributed by atoms with Gasteiger partial charge in [0, 0.05) is 30.9 Å². The molecule has 5 rings (SSSR count). The predicted molar refractivity (Wildman–Crippen MR) is 141 cm³/mol. The van der Waals surface area contributed by atoms with Gasteiger partial charge >= 0.3 is 6.09 Å². The van der Waals surface area contributed by atoms with E-state index < -0.39 is 12.1 Å². The first-order chi connectivity index (χ1) is 18.2. The summed E-state index contributed by atoms with van der Waals surface area (Å²) in [7, 11) is 3.33. The van der Waals surface area contributed by atoms with Crippen molar-refractivity contribution in [1.82, 2.24) is 34.6 Å². The number of H-pyrrole nitrogens is 1. The van der Waals surface area contributed by atoms with E-state index in [2.05, 4.69) is 34.1 Å². The summed E-state index contributed by atoms with van der Waals surface area (Å²) in [5.41, 5.74) is 6.24. The first-order valence-corrected chi connectivity index (χ1v) is 12.5. The maximum atomic E-state index is 12.9. The van der Waals surface area contributed by atoms with Gasteiger partial charge in [0.2, 0.25) is 5.91 Å². The Morgan fingerprint density at radius 2 is 1.92 bits per heavy atom. The fraction of sp³-hybridized carbons (Fsp3) is 0.370. The van der Waals surface area contributed by atoms with Gasteiger partial charge < -0.3 is 14.7 Å². The number of hydrogen-bond acceptors (Lipinski definition) is 6. The minimum Gasteiger partial charge on any atom is -0.493 e. The van der Waals surface area contributed by atoms with Crippen LogP contribution in [0.1, 0.15) is 50.3 Å². The van der Waals surface area contributed by atoms with Gasteiger partial charge in [0.25, 0.3) is 0 Å². The summed E-state index contributed by atoms with van der Waals surface area (Å²) >= 11 is 0. The number of carboxylic acid groups (broad SMARTS) is 1. The van der Waals surface area contributed by atoms with Gasteiger partial charge in [-0.3, -0.25) is 14.8 Å². The molecule has 0 radical (unpaired) electrons. The number of amides is 2. The Balaban J connectivity index is 1.42. The summed E-state index contributed by atoms with van der Waals surface area (Å²) < 4.78 is 7.21. The number of likely N-dealkylation sites (N-methyl/N-ethyl adjacent to an activating group) is 1. The third-order valence-electron chi connectivity index (χ3n) is 7.38. The number of nitrogens with zero attached hydrogens (tertiary/aromatic N) is 6. The molecule has 0 unspecified atom stereocenters. The van der Waals surface area contributed by atoms with Crippen molar-refractivity contribution in [3.63, 3.8) is 0 Å². The summed E-state index contributed by atoms with van der Waals surface area (Å²) in [4.78, 5) is 31.3. The number of benzene rings is 1. The third kappa shape index (κ3) is 4.23. The van der Waals surface area contributed by atoms with E-state index >= 15 is 0 Å². The van der Waals surface area contributed by atoms with Crippen LogP contribution in [0.3, 0.4) is 0 Å². The van der Waals surface area contributed by atoms with Crippen molar-refractivity contribution in [2.24, 2.45) is 0 Å². The summed E-state index contributed by atoms with van der Waals surface area (Å²) in [5, 5.41) is 21.4. The average Bonchev–Trinajstić information content (AvgIpc) is 3.53. The SMILES string of the molecule is COc1cc(-c2n[nH]c(-c3ccc([C@H](C)N(C)C(=O)[C@@H]4CCN4C(=O)O)cc3)c2C(C)C)cn2ncnc12. The van der Waals surface area contributed by atoms with Gasteiger partial charge in [-0.15, -0.1) is 0 Å². The second kappa shape index (κ2) is 9.81. The van der Waals surface area contributed by atoms with Crippen LogP contribution in [0, 0.1) is 0 Å². The second-order valence-corrected chi connectivity index (χ2v) is 9.87. The zero-order valence-corrected chi connectivity index (χ0v) is 22.0. The number of nitrogens with one attached hydrogen (secondary N) is 1. The molecule has 0 aliphatic carbocycles. The van der Waals surface area contributed by atoms with Gasteiger partial charge in [0.1, 0.15) is 12.4 Å². The van der Waals surface area contributed by atoms with Gasteiger partial charge in [0.05, 0.1) is 24.5 Å². The molecule has 4 aromatic rings. The van der Waals surface area contributed by atoms with Gasteiger partial charge in [-0.1, -0.05) is 38.1 Å². The summed E-state index contributed by atoms with van der Waals surface area (Å²) in [6, 6.07) is 9.12. The number of hydrogen-bond donors (Lipinski definition) is 2. The number of carbonyl (C=O) groups excluding carboxylic acids is 1. The molecule has 1 aliphatic rings. The highest BCUT2D eigenvalue weighted by molar-refractivity contribution is 5.87. The minimum atomic E-state index is -1.06. The quantitative estimate of drug-likeness (QED) is 0.376. The standard InChI is InChI=1S/C27H31N7O4/c1-15(2)22-23(30-31-24(22)19-12-21(38-5)25-28-14-29-34(25)13-19)18-8-6-17(7-9-18)16(3)32(4)26(35)20-10-11-33(20)27(36)37/h6-9,12-16,20H,10-11H2,1-5H3,(H,30,31)(H,36,37)/t16-,20-/m0/s1. The number of pyridine rings is 1. The number of aromatic amines is 1. The highest BCUT2D eigenvalue weighted by Crippen LogP contribution is 2.37. The number of carbonyl (C=O) groups is 2. The molecule has 198 valence electrons. The highest BCUT2D eigenvalue weighted by atomic mass is 16.5. The van der Waals surface area contributed by atoms with Crippen molar-refractivity contribution in [2.75, 3.05) is 20.7 Å². The Labute approximate surface area is 220 Å². The topological polar surface area (TPSA) is 129 Å². The molecule has 2 N–H and O–H groups in total. The molecule has 1 aromatic carbocycles. The van der Waals surface area contributed by atoms with E-state index in [4.69, 9.17) is 4.74 Å². The molecule has 11 heteroatoms. The van der Waals surface area contributed by atoms with Gasteiger partial charge in [-0.05, 0) is 36.5 Å². The molecule has 4 heterocycles. The molecule has 1 aliphatic heterocycles. The van der Waals surface area contributed by atoms with E-state index in [1.54, 1.807) is 23.6 Å². The smallest absolute Gasteiger partial charge is 0.407 e. The van der Waals surface area contributed by atoms with Crippen LogP contribution >= 0.6 is 0 Å². The maximum absolute atomic E-state index is 12.9. The lowest BCUT2D eigenvalue weighted by atomic mass is 9.93. The molecular formula is C27H31N7O4. The summed E-state index contributed by atoms with van der Waals surface area (Å²) in [5.74, 6) is 0.609. The molecule has 38 heavy (non-hydrogen) atoms. The van der Waals surface area contributed by atoms with Crippen molar-refractivity contribution in [1.29, 1.82) is 0 Å². The number of rotatable bonds is 7. The van der Waals surface area contributed by atoms with E-state index in [1.165, 1.54) is 11.2 Å². The molecule has 1 saturated heterocycles. The van der Waals surface area contributed by atoms with Crippen molar-refractivity contribution in [3.8, 4) is 28.3 Å². The highest BCUT2D eigenvalue weighted by Gasteiger charge is 2.40. The molecule has 1 fully saturated rings. The van der Waals surface area contributed by atoms with E-state index in [0.717, 1.165) is 33.6 Å². The fourth-order valence-electron chi connectivity index (χ4n) is 4.98. The number of methoxy groups -OCH3 is 1. The number of aromatic nitrogens is 5. The van der Waals surface area contributed by atoms with Gasteiger partial charge in [-0.25, -0.2) is 14.3 Å². The number of ether oxygens (including phenoxy) is 1. The predicted octanol–water partition coefficient (Wildman–Crippen LogP) is 4.19. The summed E-state index contributed by atoms with van der Waals surface area (Å²) in [6.45, 7) is 6.59. The van der Waals surface area contributed by atoms with E-state index in [9.17, 15) is 14.7 Å². The maximum Gasteiger partial charge on any atom is 0.407 e. The van der Waals surface area contributed by atoms with Gasteiger partial charge in [0.15, 0.2) is 11.4 Å². The van der Waals surface area contributed by atoms with Crippen molar-refractivity contribution >= 4 is 17.6 Å². The van der Waals surface area contributed by atoms with E-state index in [0.29, 0.717) is 24.4 Å². The number of likely N-dealkylation sites (tertiary alicyclic amines) is 1. The second-order valence-electron chi connectivity index (χ2n) is 9.87. The Kier molecular flexibility index (Phi) is 6.52. The van der Waals surface area contributed by atoms with Crippen LogP contribution in [0.15, 0.2) is 42.9 Å². The Morgan fingerprint density at radius 3 is 2.53 bits per heavy atom. The Hall–Kier alpha value is -4.41. The molecular weight excluding hydrogens is 486 g/mol. The van der Waals surface area contributed by atoms with Crippen LogP contribution in [0.5, 0.6) is 5.75 Å². The monoisotopic (exact) mass is 517 g/mol. The van der Waals surface area contributed by atoms with Crippen LogP contribution in [-0.4, -0.2) is 78.4 Å². The van der Waals surface area contributed by atoms with Crippen molar-refractivity contribution in [3.05, 3.63) is 54.0 Å². The molecule has 0 spiro atoms. The van der Waals surface area contributed by atoms with Crippen molar-refractivity contribution < 1.29 is 19.4 Å². The molecule has 2 atom stereocenters. The first-order valence-electron chi connectivity index (χ1n) is 12.5. The molecule has 2 amide bonds. The lowest BCUT2D eigenvalue weighted by Gasteiger charge is -2.40. The zero-order valence-electron chi connectivity index (χ0n) is 22.0. The molecule has 0 bridgehead atoms. The van der Waals surface area contributed by atoms with Crippen LogP contribution in [0.25, 0.3) is 28.2 Å². The van der Waals surface area contributed by atoms with Crippen LogP contribution in [0.4, 0.5) is 4.79 Å². The van der Waals surface area contributed by atoms with Crippen molar-refractivity contribution in [2.45, 2.75) is 45.2 Å². The fourth-order valence-corrected chi connectivity index (χ4v) is 4.98. The lowest BCUT2D eigenvalue weighted by molar-refractivity contribution is -0.140. The average molecular weight is 518 g/mol. The van der Waals surface area contributed by atoms with E-state index in [-0.39, 0.29) is 17.9 Å².